The minimum absolute atomic E-state index is 0.589. The standard InChI is InChI=1S/C14H17ClO/c1-2-3-12-16-14-9-7-13(8-10-14)6-4-5-11-15/h7-10H,2-3,5,11-12H2,1H3. The van der Waals surface area contributed by atoms with Gasteiger partial charge in [-0.3, -0.25) is 0 Å². The van der Waals surface area contributed by atoms with Gasteiger partial charge in [0.2, 0.25) is 0 Å². The molecule has 0 amide bonds. The van der Waals surface area contributed by atoms with E-state index < -0.39 is 0 Å². The molecule has 0 unspecified atom stereocenters. The summed E-state index contributed by atoms with van der Waals surface area (Å²) < 4.78 is 5.56. The van der Waals surface area contributed by atoms with Crippen molar-refractivity contribution in [2.75, 3.05) is 12.5 Å². The van der Waals surface area contributed by atoms with Crippen LogP contribution in [-0.4, -0.2) is 12.5 Å². The number of hydrogen-bond donors (Lipinski definition) is 0. The minimum atomic E-state index is 0.589. The van der Waals surface area contributed by atoms with Gasteiger partial charge in [0.05, 0.1) is 6.61 Å². The molecule has 0 aliphatic heterocycles. The van der Waals surface area contributed by atoms with Crippen LogP contribution in [0.2, 0.25) is 0 Å². The number of benzene rings is 1. The smallest absolute Gasteiger partial charge is 0.119 e. The summed E-state index contributed by atoms with van der Waals surface area (Å²) >= 11 is 5.54. The van der Waals surface area contributed by atoms with Crippen LogP contribution in [0.25, 0.3) is 0 Å². The second-order valence-corrected chi connectivity index (χ2v) is 3.85. The predicted molar refractivity (Wildman–Crippen MR) is 69.1 cm³/mol. The molecule has 16 heavy (non-hydrogen) atoms. The maximum atomic E-state index is 5.56. The average molecular weight is 237 g/mol. The molecule has 0 radical (unpaired) electrons. The van der Waals surface area contributed by atoms with Crippen molar-refractivity contribution in [2.45, 2.75) is 26.2 Å². The van der Waals surface area contributed by atoms with E-state index in [0.717, 1.165) is 37.2 Å². The number of hydrogen-bond acceptors (Lipinski definition) is 1. The fourth-order valence-corrected chi connectivity index (χ4v) is 1.28. The van der Waals surface area contributed by atoms with Gasteiger partial charge in [0.15, 0.2) is 0 Å². The molecule has 0 aliphatic carbocycles. The summed E-state index contributed by atoms with van der Waals surface area (Å²) in [6.07, 6.45) is 2.98. The molecule has 0 saturated carbocycles. The average Bonchev–Trinajstić information content (AvgIpc) is 2.32. The van der Waals surface area contributed by atoms with Crippen molar-refractivity contribution < 1.29 is 4.74 Å². The first-order valence-corrected chi connectivity index (χ1v) is 6.18. The minimum Gasteiger partial charge on any atom is -0.494 e. The summed E-state index contributed by atoms with van der Waals surface area (Å²) in [6.45, 7) is 2.94. The Labute approximate surface area is 103 Å². The summed E-state index contributed by atoms with van der Waals surface area (Å²) in [4.78, 5) is 0. The van der Waals surface area contributed by atoms with Crippen LogP contribution in [0.3, 0.4) is 0 Å². The molecular formula is C14H17ClO. The van der Waals surface area contributed by atoms with Gasteiger partial charge in [0.1, 0.15) is 5.75 Å². The van der Waals surface area contributed by atoms with Gasteiger partial charge in [-0.25, -0.2) is 0 Å². The van der Waals surface area contributed by atoms with Crippen molar-refractivity contribution in [3.63, 3.8) is 0 Å². The lowest BCUT2D eigenvalue weighted by Crippen LogP contribution is -1.95. The van der Waals surface area contributed by atoms with Crippen molar-refractivity contribution in [2.24, 2.45) is 0 Å². The first kappa shape index (κ1) is 12.9. The van der Waals surface area contributed by atoms with Gasteiger partial charge in [-0.1, -0.05) is 25.2 Å². The predicted octanol–water partition coefficient (Wildman–Crippen LogP) is 3.85. The van der Waals surface area contributed by atoms with Crippen LogP contribution in [0.1, 0.15) is 31.7 Å². The highest BCUT2D eigenvalue weighted by Gasteiger charge is 1.92. The molecule has 0 N–H and O–H groups in total. The maximum absolute atomic E-state index is 5.56. The van der Waals surface area contributed by atoms with Crippen LogP contribution in [0.4, 0.5) is 0 Å². The molecule has 0 bridgehead atoms. The normalized spacial score (nSPS) is 9.38. The van der Waals surface area contributed by atoms with Crippen molar-refractivity contribution in [1.29, 1.82) is 0 Å². The summed E-state index contributed by atoms with van der Waals surface area (Å²) in [5.41, 5.74) is 1.01. The van der Waals surface area contributed by atoms with Crippen LogP contribution < -0.4 is 4.74 Å². The van der Waals surface area contributed by atoms with E-state index >= 15 is 0 Å². The highest BCUT2D eigenvalue weighted by Crippen LogP contribution is 2.11. The van der Waals surface area contributed by atoms with E-state index in [4.69, 9.17) is 16.3 Å². The van der Waals surface area contributed by atoms with E-state index in [1.54, 1.807) is 0 Å². The van der Waals surface area contributed by atoms with Crippen molar-refractivity contribution in [1.82, 2.24) is 0 Å². The number of rotatable bonds is 5. The third kappa shape index (κ3) is 5.09. The van der Waals surface area contributed by atoms with Gasteiger partial charge in [-0.05, 0) is 30.7 Å². The monoisotopic (exact) mass is 236 g/mol. The van der Waals surface area contributed by atoms with E-state index in [2.05, 4.69) is 18.8 Å². The second-order valence-electron chi connectivity index (χ2n) is 3.47. The van der Waals surface area contributed by atoms with Crippen LogP contribution in [0.15, 0.2) is 24.3 Å². The van der Waals surface area contributed by atoms with Gasteiger partial charge in [0.25, 0.3) is 0 Å². The summed E-state index contributed by atoms with van der Waals surface area (Å²) in [5, 5.41) is 0. The zero-order valence-electron chi connectivity index (χ0n) is 9.63. The largest absolute Gasteiger partial charge is 0.494 e. The lowest BCUT2D eigenvalue weighted by Gasteiger charge is -2.04. The molecule has 0 heterocycles. The molecule has 0 saturated heterocycles. The fourth-order valence-electron chi connectivity index (χ4n) is 1.18. The van der Waals surface area contributed by atoms with E-state index in [1.807, 2.05) is 24.3 Å². The molecule has 1 aromatic carbocycles. The maximum Gasteiger partial charge on any atom is 0.119 e. The zero-order valence-corrected chi connectivity index (χ0v) is 10.4. The number of ether oxygens (including phenoxy) is 1. The van der Waals surface area contributed by atoms with Crippen LogP contribution in [0, 0.1) is 11.8 Å². The number of unbranched alkanes of at least 4 members (excludes halogenated alkanes) is 1. The SMILES string of the molecule is CCCCOc1ccc(C#CCCCl)cc1. The highest BCUT2D eigenvalue weighted by atomic mass is 35.5. The van der Waals surface area contributed by atoms with Crippen LogP contribution >= 0.6 is 11.6 Å². The number of alkyl halides is 1. The van der Waals surface area contributed by atoms with Crippen molar-refractivity contribution in [3.05, 3.63) is 29.8 Å². The molecule has 0 fully saturated rings. The summed E-state index contributed by atoms with van der Waals surface area (Å²) in [7, 11) is 0. The van der Waals surface area contributed by atoms with Gasteiger partial charge in [0, 0.05) is 17.9 Å². The molecule has 86 valence electrons. The molecule has 0 aromatic heterocycles. The highest BCUT2D eigenvalue weighted by molar-refractivity contribution is 6.18. The molecular weight excluding hydrogens is 220 g/mol. The lowest BCUT2D eigenvalue weighted by molar-refractivity contribution is 0.309. The quantitative estimate of drug-likeness (QED) is 0.429. The molecule has 1 nitrogen and oxygen atoms in total. The van der Waals surface area contributed by atoms with Gasteiger partial charge >= 0.3 is 0 Å². The Bertz CT molecular complexity index is 345. The van der Waals surface area contributed by atoms with Crippen LogP contribution in [0.5, 0.6) is 5.75 Å². The van der Waals surface area contributed by atoms with E-state index in [9.17, 15) is 0 Å². The molecule has 1 rings (SSSR count). The third-order valence-corrected chi connectivity index (χ3v) is 2.26. The molecule has 0 atom stereocenters. The van der Waals surface area contributed by atoms with E-state index in [1.165, 1.54) is 0 Å². The molecule has 0 spiro atoms. The first-order chi connectivity index (χ1) is 7.86. The van der Waals surface area contributed by atoms with Crippen molar-refractivity contribution in [3.8, 4) is 17.6 Å². The lowest BCUT2D eigenvalue weighted by atomic mass is 10.2. The topological polar surface area (TPSA) is 9.23 Å². The first-order valence-electron chi connectivity index (χ1n) is 5.64. The van der Waals surface area contributed by atoms with E-state index in [0.29, 0.717) is 5.88 Å². The Morgan fingerprint density at radius 3 is 2.62 bits per heavy atom. The van der Waals surface area contributed by atoms with Gasteiger partial charge in [-0.2, -0.15) is 0 Å². The third-order valence-electron chi connectivity index (χ3n) is 2.07. The molecule has 0 aliphatic rings. The van der Waals surface area contributed by atoms with Gasteiger partial charge in [-0.15, -0.1) is 11.6 Å². The fraction of sp³-hybridized carbons (Fsp3) is 0.429. The molecule has 2 heteroatoms. The Morgan fingerprint density at radius 2 is 2.00 bits per heavy atom. The number of halogens is 1. The second kappa shape index (κ2) is 8.07. The summed E-state index contributed by atoms with van der Waals surface area (Å²) in [5.74, 6) is 7.55. The molecule has 1 aromatic rings. The Hall–Kier alpha value is -1.13. The van der Waals surface area contributed by atoms with Crippen molar-refractivity contribution >= 4 is 11.6 Å². The Morgan fingerprint density at radius 1 is 1.25 bits per heavy atom. The Kier molecular flexibility index (Phi) is 6.53. The zero-order chi connectivity index (χ0) is 11.6. The van der Waals surface area contributed by atoms with Gasteiger partial charge < -0.3 is 4.74 Å². The Balaban J connectivity index is 2.45. The summed E-state index contributed by atoms with van der Waals surface area (Å²) in [6, 6.07) is 7.87. The van der Waals surface area contributed by atoms with E-state index in [-0.39, 0.29) is 0 Å². The van der Waals surface area contributed by atoms with Crippen LogP contribution in [-0.2, 0) is 0 Å².